The van der Waals surface area contributed by atoms with Crippen molar-refractivity contribution in [3.63, 3.8) is 0 Å². The van der Waals surface area contributed by atoms with Gasteiger partial charge in [0.1, 0.15) is 12.2 Å². The van der Waals surface area contributed by atoms with Gasteiger partial charge >= 0.3 is 6.18 Å². The summed E-state index contributed by atoms with van der Waals surface area (Å²) in [6.45, 7) is 6.01. The Morgan fingerprint density at radius 1 is 1.20 bits per heavy atom. The zero-order chi connectivity index (χ0) is 21.8. The fourth-order valence-electron chi connectivity index (χ4n) is 4.48. The van der Waals surface area contributed by atoms with Gasteiger partial charge in [-0.15, -0.1) is 0 Å². The van der Waals surface area contributed by atoms with Crippen LogP contribution in [0.3, 0.4) is 0 Å². The van der Waals surface area contributed by atoms with E-state index in [1.807, 2.05) is 32.9 Å². The van der Waals surface area contributed by atoms with Crippen molar-refractivity contribution in [1.82, 2.24) is 14.7 Å². The maximum atomic E-state index is 13.5. The van der Waals surface area contributed by atoms with Gasteiger partial charge in [-0.05, 0) is 56.2 Å². The Bertz CT molecular complexity index is 981. The van der Waals surface area contributed by atoms with E-state index in [4.69, 9.17) is 11.6 Å². The van der Waals surface area contributed by atoms with Crippen LogP contribution < -0.4 is 0 Å². The van der Waals surface area contributed by atoms with Crippen molar-refractivity contribution < 1.29 is 18.0 Å². The van der Waals surface area contributed by atoms with E-state index in [2.05, 4.69) is 5.10 Å². The minimum Gasteiger partial charge on any atom is -0.334 e. The van der Waals surface area contributed by atoms with Crippen molar-refractivity contribution in [3.05, 3.63) is 51.3 Å². The van der Waals surface area contributed by atoms with Gasteiger partial charge in [0.15, 0.2) is 0 Å². The molecule has 1 aromatic carbocycles. The molecule has 1 aliphatic carbocycles. The van der Waals surface area contributed by atoms with E-state index in [1.54, 1.807) is 4.90 Å². The van der Waals surface area contributed by atoms with Gasteiger partial charge in [0.2, 0.25) is 5.91 Å². The molecule has 2 fully saturated rings. The predicted molar refractivity (Wildman–Crippen MR) is 108 cm³/mol. The highest BCUT2D eigenvalue weighted by molar-refractivity contribution is 6.32. The Kier molecular flexibility index (Phi) is 5.37. The molecule has 0 radical (unpaired) electrons. The summed E-state index contributed by atoms with van der Waals surface area (Å²) in [6.07, 6.45) is -2.08. The van der Waals surface area contributed by atoms with E-state index in [0.29, 0.717) is 17.3 Å². The number of rotatable bonds is 4. The molecule has 2 aromatic rings. The van der Waals surface area contributed by atoms with Crippen LogP contribution in [0.2, 0.25) is 5.02 Å². The number of hydrogen-bond donors (Lipinski definition) is 0. The average molecular weight is 440 g/mol. The molecule has 1 amide bonds. The van der Waals surface area contributed by atoms with Gasteiger partial charge in [-0.1, -0.05) is 36.2 Å². The van der Waals surface area contributed by atoms with Crippen LogP contribution in [0.15, 0.2) is 18.2 Å². The molecule has 162 valence electrons. The Morgan fingerprint density at radius 2 is 1.90 bits per heavy atom. The maximum absolute atomic E-state index is 13.5. The number of carbonyl (C=O) groups is 1. The van der Waals surface area contributed by atoms with E-state index in [9.17, 15) is 18.0 Å². The third-order valence-corrected chi connectivity index (χ3v) is 6.65. The van der Waals surface area contributed by atoms with Crippen LogP contribution in [0, 0.1) is 19.8 Å². The highest BCUT2D eigenvalue weighted by atomic mass is 35.5. The average Bonchev–Trinajstić information content (AvgIpc) is 3.29. The Morgan fingerprint density at radius 3 is 2.53 bits per heavy atom. The van der Waals surface area contributed by atoms with E-state index in [0.717, 1.165) is 46.7 Å². The number of amides is 1. The molecule has 0 bridgehead atoms. The van der Waals surface area contributed by atoms with E-state index in [-0.39, 0.29) is 23.8 Å². The van der Waals surface area contributed by atoms with Crippen molar-refractivity contribution in [1.29, 1.82) is 0 Å². The molecule has 8 heteroatoms. The summed E-state index contributed by atoms with van der Waals surface area (Å²) in [4.78, 5) is 14.8. The molecule has 2 heterocycles. The summed E-state index contributed by atoms with van der Waals surface area (Å²) in [6, 6.07) is 4.80. The van der Waals surface area contributed by atoms with Crippen LogP contribution >= 0.6 is 11.6 Å². The van der Waals surface area contributed by atoms with Gasteiger partial charge in [-0.2, -0.15) is 18.3 Å². The predicted octanol–water partition coefficient (Wildman–Crippen LogP) is 5.66. The summed E-state index contributed by atoms with van der Waals surface area (Å²) >= 11 is 6.57. The molecular weight excluding hydrogens is 415 g/mol. The number of hydrogen-bond acceptors (Lipinski definition) is 2. The van der Waals surface area contributed by atoms with Crippen molar-refractivity contribution in [2.75, 3.05) is 6.54 Å². The first kappa shape index (κ1) is 21.2. The SMILES string of the molecule is Cc1cc(C)c(Cl)c(C2C(C)CCN2C(=O)Cn2nc(C3CC3)cc2C(F)(F)F)c1. The lowest BCUT2D eigenvalue weighted by molar-refractivity contribution is -0.146. The second-order valence-electron chi connectivity index (χ2n) is 8.67. The third-order valence-electron chi connectivity index (χ3n) is 6.14. The van der Waals surface area contributed by atoms with Gasteiger partial charge < -0.3 is 4.90 Å². The summed E-state index contributed by atoms with van der Waals surface area (Å²) in [5.74, 6) is -0.124. The first-order chi connectivity index (χ1) is 14.1. The summed E-state index contributed by atoms with van der Waals surface area (Å²) in [5.41, 5.74) is 2.41. The molecular formula is C22H25ClF3N3O. The zero-order valence-electron chi connectivity index (χ0n) is 17.3. The lowest BCUT2D eigenvalue weighted by Gasteiger charge is -2.29. The van der Waals surface area contributed by atoms with Crippen LogP contribution in [0.1, 0.15) is 66.2 Å². The first-order valence-corrected chi connectivity index (χ1v) is 10.6. The minimum absolute atomic E-state index is 0.0797. The molecule has 0 spiro atoms. The zero-order valence-corrected chi connectivity index (χ0v) is 18.0. The second-order valence-corrected chi connectivity index (χ2v) is 9.05. The topological polar surface area (TPSA) is 38.1 Å². The fraction of sp³-hybridized carbons (Fsp3) is 0.545. The summed E-state index contributed by atoms with van der Waals surface area (Å²) in [7, 11) is 0. The Balaban J connectivity index is 1.64. The van der Waals surface area contributed by atoms with Crippen molar-refractivity contribution in [3.8, 4) is 0 Å². The number of likely N-dealkylation sites (tertiary alicyclic amines) is 1. The summed E-state index contributed by atoms with van der Waals surface area (Å²) in [5, 5.41) is 4.75. The van der Waals surface area contributed by atoms with E-state index >= 15 is 0 Å². The molecule has 1 aromatic heterocycles. The van der Waals surface area contributed by atoms with Crippen molar-refractivity contribution in [2.24, 2.45) is 5.92 Å². The lowest BCUT2D eigenvalue weighted by atomic mass is 9.93. The number of nitrogens with zero attached hydrogens (tertiary/aromatic N) is 3. The van der Waals surface area contributed by atoms with Gasteiger partial charge in [-0.25, -0.2) is 0 Å². The molecule has 1 aliphatic heterocycles. The molecule has 1 saturated heterocycles. The molecule has 4 rings (SSSR count). The van der Waals surface area contributed by atoms with Crippen LogP contribution in [-0.2, 0) is 17.5 Å². The monoisotopic (exact) mass is 439 g/mol. The van der Waals surface area contributed by atoms with E-state index < -0.39 is 18.4 Å². The van der Waals surface area contributed by atoms with Crippen molar-refractivity contribution in [2.45, 2.75) is 64.7 Å². The maximum Gasteiger partial charge on any atom is 0.433 e. The van der Waals surface area contributed by atoms with Gasteiger partial charge in [-0.3, -0.25) is 9.48 Å². The molecule has 30 heavy (non-hydrogen) atoms. The molecule has 1 saturated carbocycles. The highest BCUT2D eigenvalue weighted by Crippen LogP contribution is 2.43. The van der Waals surface area contributed by atoms with Crippen LogP contribution in [0.5, 0.6) is 0 Å². The van der Waals surface area contributed by atoms with E-state index in [1.165, 1.54) is 0 Å². The van der Waals surface area contributed by atoms with Gasteiger partial charge in [0, 0.05) is 17.5 Å². The minimum atomic E-state index is -4.55. The second kappa shape index (κ2) is 7.59. The normalized spacial score (nSPS) is 22.0. The standard InChI is InChI=1S/C22H25ClF3N3O/c1-12-8-14(3)20(23)16(9-12)21-13(2)6-7-28(21)19(30)11-29-18(22(24,25)26)10-17(27-29)15-4-5-15/h8-10,13,15,21H,4-7,11H2,1-3H3. The Labute approximate surface area is 179 Å². The summed E-state index contributed by atoms with van der Waals surface area (Å²) < 4.78 is 41.4. The number of benzene rings is 1. The molecule has 0 N–H and O–H groups in total. The quantitative estimate of drug-likeness (QED) is 0.616. The molecule has 4 nitrogen and oxygen atoms in total. The van der Waals surface area contributed by atoms with Crippen LogP contribution in [0.4, 0.5) is 13.2 Å². The molecule has 2 aliphatic rings. The number of aryl methyl sites for hydroxylation is 2. The Hall–Kier alpha value is -2.02. The highest BCUT2D eigenvalue weighted by Gasteiger charge is 2.41. The van der Waals surface area contributed by atoms with Crippen LogP contribution in [-0.4, -0.2) is 27.1 Å². The van der Waals surface area contributed by atoms with Crippen molar-refractivity contribution >= 4 is 17.5 Å². The number of halogens is 4. The largest absolute Gasteiger partial charge is 0.433 e. The van der Waals surface area contributed by atoms with Gasteiger partial charge in [0.25, 0.3) is 0 Å². The number of carbonyl (C=O) groups excluding carboxylic acids is 1. The first-order valence-electron chi connectivity index (χ1n) is 10.3. The molecule has 2 unspecified atom stereocenters. The molecule has 2 atom stereocenters. The van der Waals surface area contributed by atoms with Crippen LogP contribution in [0.25, 0.3) is 0 Å². The number of alkyl halides is 3. The van der Waals surface area contributed by atoms with Gasteiger partial charge in [0.05, 0.1) is 11.7 Å². The lowest BCUT2D eigenvalue weighted by Crippen LogP contribution is -2.35. The number of aromatic nitrogens is 2. The fourth-order valence-corrected chi connectivity index (χ4v) is 4.70. The third kappa shape index (κ3) is 3.96. The smallest absolute Gasteiger partial charge is 0.334 e.